The monoisotopic (exact) mass is 219 g/mol. The zero-order valence-corrected chi connectivity index (χ0v) is 9.49. The van der Waals surface area contributed by atoms with Gasteiger partial charge in [0.05, 0.1) is 6.10 Å². The van der Waals surface area contributed by atoms with Crippen molar-refractivity contribution in [1.29, 1.82) is 0 Å². The molecule has 3 rings (SSSR count). The number of hydrogen-bond donors (Lipinski definition) is 2. The highest BCUT2D eigenvalue weighted by Crippen LogP contribution is 2.42. The standard InChI is InChI=1S/C13H17NO2/c1-9-2-3-10-11(15)7-13(4-5-14-8-13)16-12(10)6-9/h2-3,6,11,14-15H,4-5,7-8H2,1H3. The third-order valence-corrected chi connectivity index (χ3v) is 3.62. The Balaban J connectivity index is 2.00. The van der Waals surface area contributed by atoms with E-state index in [-0.39, 0.29) is 11.7 Å². The van der Waals surface area contributed by atoms with Crippen molar-refractivity contribution in [1.82, 2.24) is 5.32 Å². The normalized spacial score (nSPS) is 32.5. The van der Waals surface area contributed by atoms with E-state index in [1.165, 1.54) is 5.56 Å². The number of aliphatic hydroxyl groups is 1. The molecule has 2 unspecified atom stereocenters. The van der Waals surface area contributed by atoms with Crippen LogP contribution in [0.2, 0.25) is 0 Å². The Morgan fingerprint density at radius 1 is 1.50 bits per heavy atom. The molecule has 2 atom stereocenters. The second-order valence-electron chi connectivity index (χ2n) is 4.97. The van der Waals surface area contributed by atoms with Gasteiger partial charge in [0.1, 0.15) is 11.4 Å². The number of hydrogen-bond acceptors (Lipinski definition) is 3. The van der Waals surface area contributed by atoms with Crippen molar-refractivity contribution < 1.29 is 9.84 Å². The Kier molecular flexibility index (Phi) is 2.19. The highest BCUT2D eigenvalue weighted by atomic mass is 16.5. The third kappa shape index (κ3) is 1.51. The van der Waals surface area contributed by atoms with Crippen molar-refractivity contribution in [3.8, 4) is 5.75 Å². The molecule has 86 valence electrons. The van der Waals surface area contributed by atoms with Gasteiger partial charge in [0, 0.05) is 24.9 Å². The van der Waals surface area contributed by atoms with Crippen molar-refractivity contribution in [2.45, 2.75) is 31.5 Å². The zero-order chi connectivity index (χ0) is 11.2. The van der Waals surface area contributed by atoms with E-state index in [4.69, 9.17) is 4.74 Å². The number of benzene rings is 1. The Morgan fingerprint density at radius 3 is 3.12 bits per heavy atom. The van der Waals surface area contributed by atoms with E-state index < -0.39 is 0 Å². The van der Waals surface area contributed by atoms with Crippen LogP contribution in [0.1, 0.15) is 30.1 Å². The average Bonchev–Trinajstić information content (AvgIpc) is 2.65. The quantitative estimate of drug-likeness (QED) is 0.695. The number of fused-ring (bicyclic) bond motifs is 1. The fraction of sp³-hybridized carbons (Fsp3) is 0.538. The van der Waals surface area contributed by atoms with Crippen molar-refractivity contribution in [3.63, 3.8) is 0 Å². The molecule has 0 saturated carbocycles. The Labute approximate surface area is 95.4 Å². The minimum atomic E-state index is -0.385. The molecule has 16 heavy (non-hydrogen) atoms. The van der Waals surface area contributed by atoms with Crippen molar-refractivity contribution in [2.75, 3.05) is 13.1 Å². The summed E-state index contributed by atoms with van der Waals surface area (Å²) >= 11 is 0. The minimum Gasteiger partial charge on any atom is -0.485 e. The van der Waals surface area contributed by atoms with Gasteiger partial charge in [-0.15, -0.1) is 0 Å². The molecule has 2 aliphatic heterocycles. The summed E-state index contributed by atoms with van der Waals surface area (Å²) in [4.78, 5) is 0. The first-order chi connectivity index (χ1) is 7.69. The summed E-state index contributed by atoms with van der Waals surface area (Å²) in [6, 6.07) is 6.03. The molecule has 1 saturated heterocycles. The van der Waals surface area contributed by atoms with Gasteiger partial charge in [-0.25, -0.2) is 0 Å². The number of nitrogens with one attached hydrogen (secondary N) is 1. The molecule has 3 nitrogen and oxygen atoms in total. The first kappa shape index (κ1) is 10.1. The first-order valence-electron chi connectivity index (χ1n) is 5.87. The van der Waals surface area contributed by atoms with Crippen LogP contribution in [-0.2, 0) is 0 Å². The van der Waals surface area contributed by atoms with Crippen molar-refractivity contribution >= 4 is 0 Å². The van der Waals surface area contributed by atoms with Gasteiger partial charge < -0.3 is 15.2 Å². The Bertz CT molecular complexity index is 410. The van der Waals surface area contributed by atoms with Crippen LogP contribution in [0.3, 0.4) is 0 Å². The maximum absolute atomic E-state index is 10.2. The smallest absolute Gasteiger partial charge is 0.126 e. The number of aryl methyl sites for hydroxylation is 1. The SMILES string of the molecule is Cc1ccc2c(c1)OC1(CCNC1)CC2O. The molecule has 1 fully saturated rings. The van der Waals surface area contributed by atoms with E-state index in [0.29, 0.717) is 6.42 Å². The van der Waals surface area contributed by atoms with Gasteiger partial charge in [-0.2, -0.15) is 0 Å². The first-order valence-corrected chi connectivity index (χ1v) is 5.87. The second kappa shape index (κ2) is 3.47. The summed E-state index contributed by atoms with van der Waals surface area (Å²) in [6.45, 7) is 3.87. The lowest BCUT2D eigenvalue weighted by molar-refractivity contribution is -0.000327. The van der Waals surface area contributed by atoms with Crippen LogP contribution in [0.25, 0.3) is 0 Å². The predicted octanol–water partition coefficient (Wildman–Crippen LogP) is 1.54. The van der Waals surface area contributed by atoms with E-state index in [9.17, 15) is 5.11 Å². The zero-order valence-electron chi connectivity index (χ0n) is 9.49. The molecule has 2 heterocycles. The van der Waals surface area contributed by atoms with Crippen LogP contribution in [0.4, 0.5) is 0 Å². The van der Waals surface area contributed by atoms with Crippen LogP contribution in [0.5, 0.6) is 5.75 Å². The van der Waals surface area contributed by atoms with Crippen molar-refractivity contribution in [3.05, 3.63) is 29.3 Å². The largest absolute Gasteiger partial charge is 0.485 e. The fourth-order valence-electron chi connectivity index (χ4n) is 2.72. The van der Waals surface area contributed by atoms with Crippen LogP contribution < -0.4 is 10.1 Å². The van der Waals surface area contributed by atoms with Gasteiger partial charge in [0.25, 0.3) is 0 Å². The van der Waals surface area contributed by atoms with Gasteiger partial charge >= 0.3 is 0 Å². The summed E-state index contributed by atoms with van der Waals surface area (Å²) in [5.41, 5.74) is 1.93. The van der Waals surface area contributed by atoms with E-state index in [1.807, 2.05) is 25.1 Å². The maximum Gasteiger partial charge on any atom is 0.126 e. The van der Waals surface area contributed by atoms with Crippen molar-refractivity contribution in [2.24, 2.45) is 0 Å². The van der Waals surface area contributed by atoms with Gasteiger partial charge in [0.15, 0.2) is 0 Å². The maximum atomic E-state index is 10.2. The third-order valence-electron chi connectivity index (χ3n) is 3.62. The van der Waals surface area contributed by atoms with E-state index in [1.54, 1.807) is 0 Å². The predicted molar refractivity (Wildman–Crippen MR) is 61.6 cm³/mol. The molecule has 3 heteroatoms. The summed E-state index contributed by atoms with van der Waals surface area (Å²) in [5.74, 6) is 0.863. The molecular formula is C13H17NO2. The van der Waals surface area contributed by atoms with Crippen LogP contribution >= 0.6 is 0 Å². The summed E-state index contributed by atoms with van der Waals surface area (Å²) in [5, 5.41) is 13.5. The molecule has 1 spiro atoms. The number of aliphatic hydroxyl groups excluding tert-OH is 1. The summed E-state index contributed by atoms with van der Waals surface area (Å²) < 4.78 is 6.11. The molecule has 0 amide bonds. The molecule has 1 aromatic carbocycles. The molecule has 0 radical (unpaired) electrons. The summed E-state index contributed by atoms with van der Waals surface area (Å²) in [6.07, 6.45) is 1.30. The average molecular weight is 219 g/mol. The lowest BCUT2D eigenvalue weighted by Gasteiger charge is -2.37. The van der Waals surface area contributed by atoms with Gasteiger partial charge in [-0.05, 0) is 25.1 Å². The Morgan fingerprint density at radius 2 is 2.38 bits per heavy atom. The minimum absolute atomic E-state index is 0.180. The molecule has 0 bridgehead atoms. The highest BCUT2D eigenvalue weighted by Gasteiger charge is 2.42. The van der Waals surface area contributed by atoms with E-state index >= 15 is 0 Å². The Hall–Kier alpha value is -1.06. The highest BCUT2D eigenvalue weighted by molar-refractivity contribution is 5.41. The lowest BCUT2D eigenvalue weighted by atomic mass is 9.88. The molecule has 2 aliphatic rings. The molecular weight excluding hydrogens is 202 g/mol. The van der Waals surface area contributed by atoms with Gasteiger partial charge in [-0.3, -0.25) is 0 Å². The van der Waals surface area contributed by atoms with Crippen LogP contribution in [-0.4, -0.2) is 23.8 Å². The number of ether oxygens (including phenoxy) is 1. The topological polar surface area (TPSA) is 41.5 Å². The molecule has 1 aromatic rings. The van der Waals surface area contributed by atoms with Gasteiger partial charge in [0.2, 0.25) is 0 Å². The fourth-order valence-corrected chi connectivity index (χ4v) is 2.72. The summed E-state index contributed by atoms with van der Waals surface area (Å²) in [7, 11) is 0. The van der Waals surface area contributed by atoms with Gasteiger partial charge in [-0.1, -0.05) is 12.1 Å². The van der Waals surface area contributed by atoms with E-state index in [0.717, 1.165) is 30.8 Å². The lowest BCUT2D eigenvalue weighted by Crippen LogP contribution is -2.42. The van der Waals surface area contributed by atoms with Crippen LogP contribution in [0.15, 0.2) is 18.2 Å². The number of rotatable bonds is 0. The molecule has 0 aliphatic carbocycles. The molecule has 0 aromatic heterocycles. The van der Waals surface area contributed by atoms with E-state index in [2.05, 4.69) is 5.32 Å². The van der Waals surface area contributed by atoms with Crippen LogP contribution in [0, 0.1) is 6.92 Å². The molecule has 2 N–H and O–H groups in total. The second-order valence-corrected chi connectivity index (χ2v) is 4.97.